The summed E-state index contributed by atoms with van der Waals surface area (Å²) in [5.41, 5.74) is 4.92. The van der Waals surface area contributed by atoms with E-state index in [1.54, 1.807) is 0 Å². The van der Waals surface area contributed by atoms with Crippen LogP contribution in [0.5, 0.6) is 0 Å². The van der Waals surface area contributed by atoms with Gasteiger partial charge in [-0.2, -0.15) is 0 Å². The van der Waals surface area contributed by atoms with Gasteiger partial charge in [-0.15, -0.1) is 0 Å². The molecule has 4 nitrogen and oxygen atoms in total. The van der Waals surface area contributed by atoms with E-state index < -0.39 is 0 Å². The number of para-hydroxylation sites is 1. The van der Waals surface area contributed by atoms with Crippen molar-refractivity contribution in [1.29, 1.82) is 0 Å². The lowest BCUT2D eigenvalue weighted by molar-refractivity contribution is -0.115. The highest BCUT2D eigenvalue weighted by molar-refractivity contribution is 5.93. The lowest BCUT2D eigenvalue weighted by Crippen LogP contribution is -2.15. The molecule has 1 heterocycles. The summed E-state index contributed by atoms with van der Waals surface area (Å²) in [7, 11) is 0. The number of aryl methyl sites for hydroxylation is 2. The monoisotopic (exact) mass is 293 g/mol. The molecule has 2 aromatic carbocycles. The lowest BCUT2D eigenvalue weighted by Gasteiger charge is -2.09. The van der Waals surface area contributed by atoms with Crippen LogP contribution in [0.2, 0.25) is 0 Å². The van der Waals surface area contributed by atoms with Gasteiger partial charge in [-0.05, 0) is 42.7 Å². The topological polar surface area (TPSA) is 57.8 Å². The van der Waals surface area contributed by atoms with Gasteiger partial charge in [0.05, 0.1) is 17.5 Å². The molecular formula is C18H19N3O. The van der Waals surface area contributed by atoms with Gasteiger partial charge in [-0.25, -0.2) is 4.98 Å². The third-order valence-electron chi connectivity index (χ3n) is 3.70. The van der Waals surface area contributed by atoms with Crippen LogP contribution in [0.15, 0.2) is 42.5 Å². The Morgan fingerprint density at radius 2 is 2.05 bits per heavy atom. The first-order chi connectivity index (χ1) is 10.7. The number of fused-ring (bicyclic) bond motifs is 1. The molecule has 0 radical (unpaired) electrons. The summed E-state index contributed by atoms with van der Waals surface area (Å²) < 4.78 is 0. The number of imidazole rings is 1. The highest BCUT2D eigenvalue weighted by atomic mass is 16.1. The number of hydrogen-bond acceptors (Lipinski definition) is 2. The Morgan fingerprint density at radius 1 is 1.23 bits per heavy atom. The lowest BCUT2D eigenvalue weighted by atomic mass is 10.1. The molecule has 0 aliphatic carbocycles. The summed E-state index contributed by atoms with van der Waals surface area (Å²) >= 11 is 0. The summed E-state index contributed by atoms with van der Waals surface area (Å²) in [5.74, 6) is 0.880. The predicted octanol–water partition coefficient (Wildman–Crippen LogP) is 3.61. The summed E-state index contributed by atoms with van der Waals surface area (Å²) in [4.78, 5) is 19.8. The van der Waals surface area contributed by atoms with Crippen molar-refractivity contribution in [3.05, 3.63) is 59.4 Å². The fourth-order valence-electron chi connectivity index (χ4n) is 2.62. The molecule has 1 amide bonds. The second-order valence-corrected chi connectivity index (χ2v) is 5.41. The number of carbonyl (C=O) groups excluding carboxylic acids is 1. The minimum Gasteiger partial charge on any atom is -0.342 e. The molecule has 0 unspecified atom stereocenters. The number of carbonyl (C=O) groups is 1. The van der Waals surface area contributed by atoms with Crippen molar-refractivity contribution in [2.24, 2.45) is 0 Å². The Labute approximate surface area is 129 Å². The van der Waals surface area contributed by atoms with E-state index in [0.717, 1.165) is 40.1 Å². The van der Waals surface area contributed by atoms with Gasteiger partial charge in [-0.3, -0.25) is 4.79 Å². The maximum absolute atomic E-state index is 12.3. The SMILES string of the molecule is CCc1ccccc1NC(=O)Cc1ccc2nc(C)[nH]c2c1. The molecular weight excluding hydrogens is 274 g/mol. The smallest absolute Gasteiger partial charge is 0.228 e. The number of aromatic amines is 1. The van der Waals surface area contributed by atoms with Gasteiger partial charge in [-0.1, -0.05) is 31.2 Å². The molecule has 0 saturated heterocycles. The van der Waals surface area contributed by atoms with E-state index in [-0.39, 0.29) is 5.91 Å². The predicted molar refractivity (Wildman–Crippen MR) is 89.0 cm³/mol. The van der Waals surface area contributed by atoms with Crippen molar-refractivity contribution in [1.82, 2.24) is 9.97 Å². The van der Waals surface area contributed by atoms with E-state index in [4.69, 9.17) is 0 Å². The van der Waals surface area contributed by atoms with E-state index >= 15 is 0 Å². The molecule has 3 rings (SSSR count). The van der Waals surface area contributed by atoms with Crippen molar-refractivity contribution in [3.8, 4) is 0 Å². The van der Waals surface area contributed by atoms with E-state index in [1.807, 2.05) is 49.4 Å². The zero-order valence-electron chi connectivity index (χ0n) is 12.8. The average Bonchev–Trinajstić information content (AvgIpc) is 2.87. The van der Waals surface area contributed by atoms with Crippen molar-refractivity contribution in [2.75, 3.05) is 5.32 Å². The summed E-state index contributed by atoms with van der Waals surface area (Å²) in [5, 5.41) is 3.00. The number of hydrogen-bond donors (Lipinski definition) is 2. The maximum atomic E-state index is 12.3. The third-order valence-corrected chi connectivity index (χ3v) is 3.70. The molecule has 4 heteroatoms. The number of anilines is 1. The number of rotatable bonds is 4. The Bertz CT molecular complexity index is 820. The molecule has 2 N–H and O–H groups in total. The molecule has 1 aromatic heterocycles. The van der Waals surface area contributed by atoms with E-state index in [2.05, 4.69) is 22.2 Å². The number of aromatic nitrogens is 2. The Morgan fingerprint density at radius 3 is 2.86 bits per heavy atom. The Balaban J connectivity index is 1.75. The fourth-order valence-corrected chi connectivity index (χ4v) is 2.62. The molecule has 0 saturated carbocycles. The van der Waals surface area contributed by atoms with Gasteiger partial charge in [0, 0.05) is 5.69 Å². The van der Waals surface area contributed by atoms with Crippen LogP contribution in [0.4, 0.5) is 5.69 Å². The van der Waals surface area contributed by atoms with Crippen LogP contribution in [0.1, 0.15) is 23.9 Å². The van der Waals surface area contributed by atoms with Gasteiger partial charge in [0.25, 0.3) is 0 Å². The van der Waals surface area contributed by atoms with E-state index in [0.29, 0.717) is 6.42 Å². The van der Waals surface area contributed by atoms with Crippen LogP contribution in [-0.4, -0.2) is 15.9 Å². The first-order valence-corrected chi connectivity index (χ1v) is 7.48. The summed E-state index contributed by atoms with van der Waals surface area (Å²) in [6.07, 6.45) is 1.25. The zero-order chi connectivity index (χ0) is 15.5. The van der Waals surface area contributed by atoms with Crippen molar-refractivity contribution in [2.45, 2.75) is 26.7 Å². The van der Waals surface area contributed by atoms with Gasteiger partial charge in [0.2, 0.25) is 5.91 Å². The number of benzene rings is 2. The molecule has 0 fully saturated rings. The summed E-state index contributed by atoms with van der Waals surface area (Å²) in [6.45, 7) is 4.01. The number of nitrogens with zero attached hydrogens (tertiary/aromatic N) is 1. The van der Waals surface area contributed by atoms with Gasteiger partial charge in [0.1, 0.15) is 5.82 Å². The molecule has 112 valence electrons. The maximum Gasteiger partial charge on any atom is 0.228 e. The van der Waals surface area contributed by atoms with Crippen LogP contribution in [0, 0.1) is 6.92 Å². The minimum atomic E-state index is -0.00325. The molecule has 0 bridgehead atoms. The molecule has 22 heavy (non-hydrogen) atoms. The van der Waals surface area contributed by atoms with Crippen molar-refractivity contribution >= 4 is 22.6 Å². The standard InChI is InChI=1S/C18H19N3O/c1-3-14-6-4-5-7-15(14)21-18(22)11-13-8-9-16-17(10-13)20-12(2)19-16/h4-10H,3,11H2,1-2H3,(H,19,20)(H,21,22). The quantitative estimate of drug-likeness (QED) is 0.772. The fraction of sp³-hybridized carbons (Fsp3) is 0.222. The first kappa shape index (κ1) is 14.3. The molecule has 3 aromatic rings. The minimum absolute atomic E-state index is 0.00325. The number of amides is 1. The molecule has 0 aliphatic rings. The highest BCUT2D eigenvalue weighted by Gasteiger charge is 2.08. The second-order valence-electron chi connectivity index (χ2n) is 5.41. The van der Waals surface area contributed by atoms with Crippen LogP contribution in [-0.2, 0) is 17.6 Å². The van der Waals surface area contributed by atoms with Crippen LogP contribution in [0.3, 0.4) is 0 Å². The van der Waals surface area contributed by atoms with Crippen LogP contribution >= 0.6 is 0 Å². The summed E-state index contributed by atoms with van der Waals surface area (Å²) in [6, 6.07) is 13.8. The average molecular weight is 293 g/mol. The highest BCUT2D eigenvalue weighted by Crippen LogP contribution is 2.17. The van der Waals surface area contributed by atoms with Crippen molar-refractivity contribution in [3.63, 3.8) is 0 Å². The van der Waals surface area contributed by atoms with Crippen LogP contribution in [0.25, 0.3) is 11.0 Å². The Hall–Kier alpha value is -2.62. The largest absolute Gasteiger partial charge is 0.342 e. The molecule has 0 atom stereocenters. The number of H-pyrrole nitrogens is 1. The van der Waals surface area contributed by atoms with E-state index in [9.17, 15) is 4.79 Å². The van der Waals surface area contributed by atoms with Gasteiger partial charge >= 0.3 is 0 Å². The molecule has 0 spiro atoms. The zero-order valence-corrected chi connectivity index (χ0v) is 12.8. The molecule has 0 aliphatic heterocycles. The van der Waals surface area contributed by atoms with Crippen molar-refractivity contribution < 1.29 is 4.79 Å². The van der Waals surface area contributed by atoms with Gasteiger partial charge in [0.15, 0.2) is 0 Å². The number of nitrogens with one attached hydrogen (secondary N) is 2. The second kappa shape index (κ2) is 6.02. The normalized spacial score (nSPS) is 10.8. The van der Waals surface area contributed by atoms with Gasteiger partial charge < -0.3 is 10.3 Å². The first-order valence-electron chi connectivity index (χ1n) is 7.48. The third kappa shape index (κ3) is 3.01. The Kier molecular flexibility index (Phi) is 3.92. The van der Waals surface area contributed by atoms with Crippen LogP contribution < -0.4 is 5.32 Å². The van der Waals surface area contributed by atoms with E-state index in [1.165, 1.54) is 0 Å².